The molecule has 0 aliphatic carbocycles. The molecule has 0 spiro atoms. The summed E-state index contributed by atoms with van der Waals surface area (Å²) in [4.78, 5) is 19.3. The Labute approximate surface area is 140 Å². The molecule has 124 valence electrons. The maximum absolute atomic E-state index is 13.0. The summed E-state index contributed by atoms with van der Waals surface area (Å²) in [6, 6.07) is 2.17. The standard InChI is InChI=1S/C17H23N3O2S/c1-11-4-5-14(10-21)9-19(11)16(22)15-8-12(2)20(13(15)3)17-18-6-7-23-17/h6-8,11,14,21H,4-5,9-10H2,1-3H3. The fourth-order valence-corrected chi connectivity index (χ4v) is 4.12. The minimum Gasteiger partial charge on any atom is -0.396 e. The fourth-order valence-electron chi connectivity index (χ4n) is 3.37. The van der Waals surface area contributed by atoms with E-state index in [1.165, 1.54) is 0 Å². The SMILES string of the molecule is Cc1cc(C(=O)N2CC(CO)CCC2C)c(C)n1-c1nccs1. The van der Waals surface area contributed by atoms with Gasteiger partial charge in [-0.1, -0.05) is 0 Å². The van der Waals surface area contributed by atoms with E-state index in [2.05, 4.69) is 11.9 Å². The van der Waals surface area contributed by atoms with Crippen LogP contribution in [0.15, 0.2) is 17.6 Å². The van der Waals surface area contributed by atoms with Gasteiger partial charge in [0.05, 0.1) is 5.56 Å². The van der Waals surface area contributed by atoms with Crippen LogP contribution < -0.4 is 0 Å². The second-order valence-electron chi connectivity index (χ2n) is 6.37. The van der Waals surface area contributed by atoms with Crippen molar-refractivity contribution in [3.63, 3.8) is 0 Å². The van der Waals surface area contributed by atoms with Gasteiger partial charge in [0, 0.05) is 42.2 Å². The summed E-state index contributed by atoms with van der Waals surface area (Å²) in [5, 5.41) is 12.3. The number of rotatable bonds is 3. The Morgan fingerprint density at radius 2 is 2.22 bits per heavy atom. The normalized spacial score (nSPS) is 21.7. The highest BCUT2D eigenvalue weighted by Crippen LogP contribution is 2.27. The Morgan fingerprint density at radius 1 is 1.43 bits per heavy atom. The number of carbonyl (C=O) groups excluding carboxylic acids is 1. The summed E-state index contributed by atoms with van der Waals surface area (Å²) in [7, 11) is 0. The van der Waals surface area contributed by atoms with Crippen LogP contribution >= 0.6 is 11.3 Å². The molecule has 0 aromatic carbocycles. The highest BCUT2D eigenvalue weighted by atomic mass is 32.1. The van der Waals surface area contributed by atoms with Crippen LogP contribution in [-0.2, 0) is 0 Å². The predicted molar refractivity (Wildman–Crippen MR) is 91.2 cm³/mol. The lowest BCUT2D eigenvalue weighted by molar-refractivity contribution is 0.0488. The minimum atomic E-state index is 0.0616. The summed E-state index contributed by atoms with van der Waals surface area (Å²) >= 11 is 1.56. The Hall–Kier alpha value is -1.66. The zero-order valence-corrected chi connectivity index (χ0v) is 14.6. The number of hydrogen-bond donors (Lipinski definition) is 1. The number of likely N-dealkylation sites (tertiary alicyclic amines) is 1. The van der Waals surface area contributed by atoms with E-state index in [-0.39, 0.29) is 24.5 Å². The van der Waals surface area contributed by atoms with E-state index in [0.29, 0.717) is 6.54 Å². The first-order valence-corrected chi connectivity index (χ1v) is 8.91. The maximum atomic E-state index is 13.0. The molecule has 1 aliphatic rings. The topological polar surface area (TPSA) is 58.4 Å². The molecule has 3 rings (SSSR count). The first kappa shape index (κ1) is 16.2. The van der Waals surface area contributed by atoms with Gasteiger partial charge >= 0.3 is 0 Å². The highest BCUT2D eigenvalue weighted by Gasteiger charge is 2.31. The van der Waals surface area contributed by atoms with Crippen LogP contribution in [0.2, 0.25) is 0 Å². The molecule has 1 aliphatic heterocycles. The first-order chi connectivity index (χ1) is 11.0. The number of amides is 1. The van der Waals surface area contributed by atoms with Crippen molar-refractivity contribution in [2.24, 2.45) is 5.92 Å². The minimum absolute atomic E-state index is 0.0616. The van der Waals surface area contributed by atoms with Crippen LogP contribution in [0, 0.1) is 19.8 Å². The first-order valence-electron chi connectivity index (χ1n) is 8.03. The van der Waals surface area contributed by atoms with Crippen LogP contribution in [0.5, 0.6) is 0 Å². The molecule has 0 bridgehead atoms. The molecule has 1 N–H and O–H groups in total. The molecular formula is C17H23N3O2S. The Bertz CT molecular complexity index is 693. The van der Waals surface area contributed by atoms with Crippen molar-refractivity contribution in [3.8, 4) is 5.13 Å². The molecule has 3 heterocycles. The smallest absolute Gasteiger partial charge is 0.255 e. The van der Waals surface area contributed by atoms with Crippen LogP contribution in [0.1, 0.15) is 41.5 Å². The molecule has 2 aromatic heterocycles. The average Bonchev–Trinajstić information content (AvgIpc) is 3.15. The Kier molecular flexibility index (Phi) is 4.55. The molecule has 2 atom stereocenters. The van der Waals surface area contributed by atoms with Gasteiger partial charge in [-0.2, -0.15) is 0 Å². The summed E-state index contributed by atoms with van der Waals surface area (Å²) in [6.45, 7) is 6.85. The number of aliphatic hydroxyl groups is 1. The summed E-state index contributed by atoms with van der Waals surface area (Å²) < 4.78 is 2.04. The molecule has 6 heteroatoms. The van der Waals surface area contributed by atoms with Crippen molar-refractivity contribution in [2.45, 2.75) is 39.7 Å². The molecular weight excluding hydrogens is 310 g/mol. The quantitative estimate of drug-likeness (QED) is 0.939. The van der Waals surface area contributed by atoms with Gasteiger partial charge in [0.1, 0.15) is 0 Å². The van der Waals surface area contributed by atoms with E-state index in [0.717, 1.165) is 34.9 Å². The van der Waals surface area contributed by atoms with E-state index in [1.54, 1.807) is 17.5 Å². The van der Waals surface area contributed by atoms with Crippen molar-refractivity contribution < 1.29 is 9.90 Å². The van der Waals surface area contributed by atoms with Gasteiger partial charge in [-0.05, 0) is 45.6 Å². The maximum Gasteiger partial charge on any atom is 0.255 e. The second kappa shape index (κ2) is 6.45. The summed E-state index contributed by atoms with van der Waals surface area (Å²) in [5.41, 5.74) is 2.69. The Morgan fingerprint density at radius 3 is 2.87 bits per heavy atom. The highest BCUT2D eigenvalue weighted by molar-refractivity contribution is 7.12. The predicted octanol–water partition coefficient (Wildman–Crippen LogP) is 2.78. The van der Waals surface area contributed by atoms with Crippen LogP contribution in [0.3, 0.4) is 0 Å². The third kappa shape index (κ3) is 2.93. The molecule has 2 unspecified atom stereocenters. The van der Waals surface area contributed by atoms with E-state index < -0.39 is 0 Å². The Balaban J connectivity index is 1.92. The zero-order chi connectivity index (χ0) is 16.6. The molecule has 2 aromatic rings. The largest absolute Gasteiger partial charge is 0.396 e. The number of aryl methyl sites for hydroxylation is 1. The average molecular weight is 333 g/mol. The van der Waals surface area contributed by atoms with Crippen molar-refractivity contribution in [3.05, 3.63) is 34.6 Å². The van der Waals surface area contributed by atoms with Crippen LogP contribution in [-0.4, -0.2) is 44.7 Å². The number of aliphatic hydroxyl groups excluding tert-OH is 1. The van der Waals surface area contributed by atoms with Gasteiger partial charge in [0.25, 0.3) is 5.91 Å². The van der Waals surface area contributed by atoms with Crippen molar-refractivity contribution in [1.82, 2.24) is 14.5 Å². The third-order valence-electron chi connectivity index (χ3n) is 4.77. The zero-order valence-electron chi connectivity index (χ0n) is 13.8. The lowest BCUT2D eigenvalue weighted by Crippen LogP contribution is -2.46. The van der Waals surface area contributed by atoms with Crippen LogP contribution in [0.4, 0.5) is 0 Å². The molecule has 0 radical (unpaired) electrons. The summed E-state index contributed by atoms with van der Waals surface area (Å²) in [5.74, 6) is 0.254. The summed E-state index contributed by atoms with van der Waals surface area (Å²) in [6.07, 6.45) is 3.71. The van der Waals surface area contributed by atoms with Gasteiger partial charge in [-0.3, -0.25) is 9.36 Å². The molecule has 1 saturated heterocycles. The van der Waals surface area contributed by atoms with E-state index in [1.807, 2.05) is 34.8 Å². The van der Waals surface area contributed by atoms with Crippen LogP contribution in [0.25, 0.3) is 5.13 Å². The lowest BCUT2D eigenvalue weighted by Gasteiger charge is -2.37. The molecule has 0 saturated carbocycles. The molecule has 23 heavy (non-hydrogen) atoms. The number of thiazole rings is 1. The van der Waals surface area contributed by atoms with Crippen molar-refractivity contribution >= 4 is 17.2 Å². The van der Waals surface area contributed by atoms with E-state index in [9.17, 15) is 9.90 Å². The fraction of sp³-hybridized carbons (Fsp3) is 0.529. The van der Waals surface area contributed by atoms with Gasteiger partial charge in [0.2, 0.25) is 0 Å². The van der Waals surface area contributed by atoms with Gasteiger partial charge in [-0.15, -0.1) is 11.3 Å². The number of nitrogens with zero attached hydrogens (tertiary/aromatic N) is 3. The molecule has 1 amide bonds. The third-order valence-corrected chi connectivity index (χ3v) is 5.53. The second-order valence-corrected chi connectivity index (χ2v) is 7.24. The van der Waals surface area contributed by atoms with Crippen molar-refractivity contribution in [1.29, 1.82) is 0 Å². The van der Waals surface area contributed by atoms with E-state index >= 15 is 0 Å². The van der Waals surface area contributed by atoms with Gasteiger partial charge < -0.3 is 10.0 Å². The monoisotopic (exact) mass is 333 g/mol. The van der Waals surface area contributed by atoms with Gasteiger partial charge in [-0.25, -0.2) is 4.98 Å². The number of piperidine rings is 1. The van der Waals surface area contributed by atoms with Gasteiger partial charge in [0.15, 0.2) is 5.13 Å². The number of hydrogen-bond acceptors (Lipinski definition) is 4. The lowest BCUT2D eigenvalue weighted by atomic mass is 9.93. The van der Waals surface area contributed by atoms with Crippen molar-refractivity contribution in [2.75, 3.05) is 13.2 Å². The number of carbonyl (C=O) groups is 1. The van der Waals surface area contributed by atoms with E-state index in [4.69, 9.17) is 0 Å². The molecule has 1 fully saturated rings. The number of aromatic nitrogens is 2. The molecule has 5 nitrogen and oxygen atoms in total.